The molecule has 0 radical (unpaired) electrons. The number of hydrogen-bond acceptors (Lipinski definition) is 3. The minimum Gasteiger partial charge on any atom is -0.507 e. The van der Waals surface area contributed by atoms with Crippen LogP contribution < -0.4 is 0 Å². The molecule has 3 aromatic heterocycles. The standard InChI is InChI=1S/C58H54N4O.Pt/c1-34-19-21-49-45(24-34)46-26-37(4)51(62-50-22-20-39(38-16-13-12-14-17-38)30-47(50)44-18-15-23-59-53(44)62)32-52(46)61(49)43-29-40(28-42(31-43)55(5,6)7)54-60-57(11)33-41-25-35(2)36(3)27-48(41)58(57,63-54)56(8,9)10;/h12-28,30-31H,33H2,1-11H3;/q-2;+2/t57-,58-;/m1./s1/i33D2;. The van der Waals surface area contributed by atoms with Crippen molar-refractivity contribution in [3.8, 4) is 22.5 Å². The predicted octanol–water partition coefficient (Wildman–Crippen LogP) is 14.1. The maximum atomic E-state index is 9.81. The molecule has 0 fully saturated rings. The zero-order valence-electron chi connectivity index (χ0n) is 40.5. The van der Waals surface area contributed by atoms with Crippen LogP contribution in [0, 0.1) is 45.2 Å². The van der Waals surface area contributed by atoms with Crippen molar-refractivity contribution in [2.24, 2.45) is 10.4 Å². The monoisotopic (exact) mass is 1020 g/mol. The number of nitrogens with zero attached hydrogens (tertiary/aromatic N) is 4. The number of aliphatic imine (C=N–C) groups is 1. The summed E-state index contributed by atoms with van der Waals surface area (Å²) in [5.41, 5.74) is 12.6. The summed E-state index contributed by atoms with van der Waals surface area (Å²) in [6.45, 7) is 23.5. The summed E-state index contributed by atoms with van der Waals surface area (Å²) in [5, 5.41) is 4.45. The van der Waals surface area contributed by atoms with Crippen molar-refractivity contribution in [1.29, 1.82) is 0 Å². The van der Waals surface area contributed by atoms with Crippen molar-refractivity contribution in [1.82, 2.24) is 14.1 Å². The Morgan fingerprint density at radius 3 is 2.16 bits per heavy atom. The van der Waals surface area contributed by atoms with Gasteiger partial charge >= 0.3 is 21.1 Å². The van der Waals surface area contributed by atoms with Crippen molar-refractivity contribution in [2.45, 2.75) is 99.1 Å². The number of benzene rings is 6. The third kappa shape index (κ3) is 6.06. The van der Waals surface area contributed by atoms with E-state index in [2.05, 4.69) is 188 Å². The molecular formula is C58H54N4OPt. The van der Waals surface area contributed by atoms with Crippen LogP contribution >= 0.6 is 0 Å². The molecule has 0 saturated heterocycles. The fourth-order valence-electron chi connectivity index (χ4n) is 10.6. The number of ether oxygens (including phenoxy) is 1. The molecule has 9 aromatic rings. The van der Waals surface area contributed by atoms with Crippen molar-refractivity contribution in [2.75, 3.05) is 0 Å². The summed E-state index contributed by atoms with van der Waals surface area (Å²) < 4.78 is 31.6. The summed E-state index contributed by atoms with van der Waals surface area (Å²) in [4.78, 5) is 10.4. The maximum absolute atomic E-state index is 9.81. The first kappa shape index (κ1) is 39.8. The van der Waals surface area contributed by atoms with E-state index in [1.165, 1.54) is 11.1 Å². The first-order valence-corrected chi connectivity index (χ1v) is 22.2. The van der Waals surface area contributed by atoms with Gasteiger partial charge in [0.2, 0.25) is 0 Å². The number of rotatable bonds is 4. The molecule has 0 amide bonds. The smallest absolute Gasteiger partial charge is 0.507 e. The van der Waals surface area contributed by atoms with Crippen LogP contribution in [0.2, 0.25) is 0 Å². The van der Waals surface area contributed by atoms with Gasteiger partial charge in [0.1, 0.15) is 11.5 Å². The number of pyridine rings is 1. The quantitative estimate of drug-likeness (QED) is 0.165. The molecular weight excluding hydrogens is 964 g/mol. The first-order chi connectivity index (χ1) is 30.7. The number of aromatic nitrogens is 3. The van der Waals surface area contributed by atoms with Gasteiger partial charge in [-0.15, -0.1) is 40.8 Å². The zero-order chi connectivity index (χ0) is 45.7. The van der Waals surface area contributed by atoms with Gasteiger partial charge in [-0.25, -0.2) is 4.98 Å². The second-order valence-corrected chi connectivity index (χ2v) is 20.3. The van der Waals surface area contributed by atoms with E-state index in [9.17, 15) is 2.74 Å². The first-order valence-electron chi connectivity index (χ1n) is 23.2. The molecule has 1 aliphatic carbocycles. The maximum Gasteiger partial charge on any atom is 2.00 e. The summed E-state index contributed by atoms with van der Waals surface area (Å²) >= 11 is 0. The van der Waals surface area contributed by atoms with Gasteiger partial charge in [-0.2, -0.15) is 6.07 Å². The van der Waals surface area contributed by atoms with E-state index < -0.39 is 22.9 Å². The van der Waals surface area contributed by atoms with Gasteiger partial charge in [0.05, 0.1) is 11.1 Å². The van der Waals surface area contributed by atoms with E-state index in [4.69, 9.17) is 14.7 Å². The van der Waals surface area contributed by atoms with E-state index in [1.54, 1.807) is 0 Å². The topological polar surface area (TPSA) is 44.3 Å². The van der Waals surface area contributed by atoms with Gasteiger partial charge in [0.25, 0.3) is 0 Å². The van der Waals surface area contributed by atoms with Gasteiger partial charge in [-0.3, -0.25) is 4.99 Å². The zero-order valence-corrected chi connectivity index (χ0v) is 40.8. The molecule has 2 aliphatic rings. The molecule has 0 spiro atoms. The van der Waals surface area contributed by atoms with E-state index in [1.807, 2.05) is 25.3 Å². The predicted molar refractivity (Wildman–Crippen MR) is 261 cm³/mol. The third-order valence-corrected chi connectivity index (χ3v) is 13.9. The molecule has 5 nitrogen and oxygen atoms in total. The van der Waals surface area contributed by atoms with E-state index in [-0.39, 0.29) is 26.5 Å². The van der Waals surface area contributed by atoms with Crippen molar-refractivity contribution >= 4 is 49.6 Å². The van der Waals surface area contributed by atoms with Crippen LogP contribution in [-0.2, 0) is 43.2 Å². The second-order valence-electron chi connectivity index (χ2n) is 20.3. The second kappa shape index (κ2) is 14.4. The molecule has 0 bridgehead atoms. The Labute approximate surface area is 394 Å². The van der Waals surface area contributed by atoms with Crippen LogP contribution in [0.3, 0.4) is 0 Å². The molecule has 322 valence electrons. The van der Waals surface area contributed by atoms with Crippen molar-refractivity contribution in [3.63, 3.8) is 0 Å². The Kier molecular flexibility index (Phi) is 8.93. The Hall–Kier alpha value is -5.77. The van der Waals surface area contributed by atoms with Gasteiger partial charge in [0, 0.05) is 42.6 Å². The summed E-state index contributed by atoms with van der Waals surface area (Å²) in [6.07, 6.45) is 0.0649. The Morgan fingerprint density at radius 2 is 1.41 bits per heavy atom. The van der Waals surface area contributed by atoms with Crippen LogP contribution in [0.5, 0.6) is 0 Å². The van der Waals surface area contributed by atoms with E-state index in [0.717, 1.165) is 88.5 Å². The van der Waals surface area contributed by atoms with Crippen LogP contribution in [0.15, 0.2) is 120 Å². The molecule has 11 rings (SSSR count). The van der Waals surface area contributed by atoms with Crippen molar-refractivity contribution < 1.29 is 28.5 Å². The normalized spacial score (nSPS) is 19.6. The Morgan fingerprint density at radius 1 is 0.688 bits per heavy atom. The third-order valence-electron chi connectivity index (χ3n) is 13.9. The van der Waals surface area contributed by atoms with Gasteiger partial charge in [0.15, 0.2) is 5.60 Å². The molecule has 0 unspecified atom stereocenters. The summed E-state index contributed by atoms with van der Waals surface area (Å²) in [5.74, 6) is 0.408. The van der Waals surface area contributed by atoms with E-state index in [0.29, 0.717) is 17.0 Å². The minimum atomic E-state index is -1.81. The fraction of sp³-hybridized carbons (Fsp3) is 0.276. The van der Waals surface area contributed by atoms with E-state index >= 15 is 0 Å². The summed E-state index contributed by atoms with van der Waals surface area (Å²) in [7, 11) is 0. The molecule has 1 aliphatic heterocycles. The minimum absolute atomic E-state index is 0. The number of aryl methyl sites for hydroxylation is 4. The molecule has 0 N–H and O–H groups in total. The Balaban J connectivity index is 0.00000511. The SMILES string of the molecule is [2H]C1([2H])c2cc(C)c(C)cc2[C@]2(C(C)(C)C)OC(c3[c-]c(-n4c5[c-]c(-n6c7ccc(-c8ccccc8)cc7c7cccnc76)c(C)cc5c5cc(C)ccc54)cc(C(C)(C)C)c3)=N[C@]12C.[Pt+2]. The number of fused-ring (bicyclic) bond motifs is 9. The molecule has 64 heavy (non-hydrogen) atoms. The van der Waals surface area contributed by atoms with Crippen molar-refractivity contribution in [3.05, 3.63) is 172 Å². The fourth-order valence-corrected chi connectivity index (χ4v) is 10.6. The van der Waals surface area contributed by atoms with Crippen LogP contribution in [0.4, 0.5) is 0 Å². The Bertz CT molecular complexity index is 3530. The largest absolute Gasteiger partial charge is 2.00 e. The van der Waals surface area contributed by atoms with Gasteiger partial charge in [-0.05, 0) is 102 Å². The molecule has 4 heterocycles. The average Bonchev–Trinajstić information content (AvgIpc) is 3.92. The van der Waals surface area contributed by atoms with Gasteiger partial charge < -0.3 is 13.9 Å². The van der Waals surface area contributed by atoms with Crippen LogP contribution in [0.1, 0.15) is 95.7 Å². The molecule has 2 atom stereocenters. The van der Waals surface area contributed by atoms with Gasteiger partial charge in [-0.1, -0.05) is 131 Å². The molecule has 6 aromatic carbocycles. The summed E-state index contributed by atoms with van der Waals surface area (Å²) in [6, 6.07) is 46.7. The number of hydrogen-bond donors (Lipinski definition) is 0. The molecule has 6 heteroatoms. The van der Waals surface area contributed by atoms with Crippen LogP contribution in [-0.4, -0.2) is 25.6 Å². The average molecular weight is 1020 g/mol. The van der Waals surface area contributed by atoms with Crippen LogP contribution in [0.25, 0.3) is 66.2 Å². The molecule has 0 saturated carbocycles.